The van der Waals surface area contributed by atoms with Crippen LogP contribution in [0.4, 0.5) is 11.4 Å². The summed E-state index contributed by atoms with van der Waals surface area (Å²) < 4.78 is 0. The van der Waals surface area contributed by atoms with E-state index in [-0.39, 0.29) is 10.6 Å². The van der Waals surface area contributed by atoms with Crippen molar-refractivity contribution < 1.29 is 4.92 Å². The van der Waals surface area contributed by atoms with Gasteiger partial charge in [0.05, 0.1) is 16.6 Å². The van der Waals surface area contributed by atoms with E-state index < -0.39 is 0 Å². The number of aryl methyl sites for hydroxylation is 2. The highest BCUT2D eigenvalue weighted by molar-refractivity contribution is 5.60. The van der Waals surface area contributed by atoms with Crippen LogP contribution >= 0.6 is 0 Å². The Morgan fingerprint density at radius 2 is 1.86 bits per heavy atom. The van der Waals surface area contributed by atoms with Crippen molar-refractivity contribution in [2.75, 3.05) is 5.32 Å². The highest BCUT2D eigenvalue weighted by Gasteiger charge is 2.13. The Bertz CT molecular complexity index is 716. The third-order valence-electron chi connectivity index (χ3n) is 3.31. The molecule has 0 fully saturated rings. The van der Waals surface area contributed by atoms with Crippen LogP contribution in [0.15, 0.2) is 36.4 Å². The molecular formula is C16H15N3O2. The molecule has 0 bridgehead atoms. The molecule has 0 saturated carbocycles. The Balaban J connectivity index is 2.17. The zero-order chi connectivity index (χ0) is 15.4. The molecule has 0 saturated heterocycles. The van der Waals surface area contributed by atoms with E-state index in [9.17, 15) is 10.1 Å². The molecule has 0 unspecified atom stereocenters. The van der Waals surface area contributed by atoms with E-state index in [2.05, 4.69) is 11.4 Å². The van der Waals surface area contributed by atoms with Gasteiger partial charge in [-0.1, -0.05) is 12.1 Å². The molecule has 0 aliphatic heterocycles. The molecule has 0 aliphatic carbocycles. The van der Waals surface area contributed by atoms with Gasteiger partial charge in [-0.25, -0.2) is 0 Å². The maximum atomic E-state index is 11.0. The van der Waals surface area contributed by atoms with Crippen LogP contribution in [-0.4, -0.2) is 4.92 Å². The molecule has 5 heteroatoms. The highest BCUT2D eigenvalue weighted by atomic mass is 16.6. The third-order valence-corrected chi connectivity index (χ3v) is 3.31. The van der Waals surface area contributed by atoms with Crippen LogP contribution in [0, 0.1) is 35.3 Å². The van der Waals surface area contributed by atoms with Crippen LogP contribution < -0.4 is 5.32 Å². The van der Waals surface area contributed by atoms with Gasteiger partial charge in [-0.3, -0.25) is 10.1 Å². The fraction of sp³-hybridized carbons (Fsp3) is 0.188. The number of nitro benzene ring substituents is 1. The quantitative estimate of drug-likeness (QED) is 0.684. The van der Waals surface area contributed by atoms with Crippen molar-refractivity contribution in [1.82, 2.24) is 0 Å². The first-order valence-electron chi connectivity index (χ1n) is 6.50. The second-order valence-electron chi connectivity index (χ2n) is 4.87. The van der Waals surface area contributed by atoms with Crippen molar-refractivity contribution >= 4 is 11.4 Å². The van der Waals surface area contributed by atoms with E-state index in [0.717, 1.165) is 16.8 Å². The Morgan fingerprint density at radius 1 is 1.19 bits per heavy atom. The van der Waals surface area contributed by atoms with Gasteiger partial charge in [-0.05, 0) is 43.2 Å². The predicted octanol–water partition coefficient (Wildman–Crippen LogP) is 3.70. The lowest BCUT2D eigenvalue weighted by Crippen LogP contribution is -2.03. The summed E-state index contributed by atoms with van der Waals surface area (Å²) in [5.41, 5.74) is 4.10. The number of benzene rings is 2. The largest absolute Gasteiger partial charge is 0.381 e. The molecule has 0 atom stereocenters. The van der Waals surface area contributed by atoms with E-state index >= 15 is 0 Å². The minimum Gasteiger partial charge on any atom is -0.381 e. The molecule has 2 rings (SSSR count). The maximum absolute atomic E-state index is 11.0. The van der Waals surface area contributed by atoms with Crippen LogP contribution in [0.5, 0.6) is 0 Å². The van der Waals surface area contributed by atoms with Gasteiger partial charge in [0.25, 0.3) is 5.69 Å². The number of nitrogens with zero attached hydrogens (tertiary/aromatic N) is 2. The summed E-state index contributed by atoms with van der Waals surface area (Å²) in [6, 6.07) is 12.7. The number of nitriles is 1. The van der Waals surface area contributed by atoms with Gasteiger partial charge in [-0.2, -0.15) is 5.26 Å². The maximum Gasteiger partial charge on any atom is 0.274 e. The number of hydrogen-bond acceptors (Lipinski definition) is 4. The molecule has 2 aromatic carbocycles. The van der Waals surface area contributed by atoms with Gasteiger partial charge < -0.3 is 5.32 Å². The molecule has 21 heavy (non-hydrogen) atoms. The summed E-state index contributed by atoms with van der Waals surface area (Å²) in [7, 11) is 0. The van der Waals surface area contributed by atoms with Gasteiger partial charge in [-0.15, -0.1) is 0 Å². The lowest BCUT2D eigenvalue weighted by molar-refractivity contribution is -0.385. The van der Waals surface area contributed by atoms with Crippen LogP contribution in [0.3, 0.4) is 0 Å². The van der Waals surface area contributed by atoms with Crippen molar-refractivity contribution in [3.63, 3.8) is 0 Å². The molecule has 0 aliphatic rings. The standard InChI is InChI=1S/C16H15N3O2/c1-11-7-12(2)16(19(20)21)8-15(11)18-10-14-5-3-13(9-17)4-6-14/h3-8,18H,10H2,1-2H3. The van der Waals surface area contributed by atoms with E-state index in [0.29, 0.717) is 17.7 Å². The topological polar surface area (TPSA) is 79.0 Å². The van der Waals surface area contributed by atoms with E-state index in [1.807, 2.05) is 19.1 Å². The third kappa shape index (κ3) is 3.37. The predicted molar refractivity (Wildman–Crippen MR) is 81.1 cm³/mol. The SMILES string of the molecule is Cc1cc(C)c([N+](=O)[O-])cc1NCc1ccc(C#N)cc1. The zero-order valence-corrected chi connectivity index (χ0v) is 11.9. The first-order valence-corrected chi connectivity index (χ1v) is 6.50. The fourth-order valence-corrected chi connectivity index (χ4v) is 2.12. The summed E-state index contributed by atoms with van der Waals surface area (Å²) in [5.74, 6) is 0. The number of anilines is 1. The molecule has 106 valence electrons. The normalized spacial score (nSPS) is 9.95. The molecule has 0 heterocycles. The highest BCUT2D eigenvalue weighted by Crippen LogP contribution is 2.26. The summed E-state index contributed by atoms with van der Waals surface area (Å²) in [4.78, 5) is 10.6. The Kier molecular flexibility index (Phi) is 4.19. The van der Waals surface area contributed by atoms with Gasteiger partial charge in [0.15, 0.2) is 0 Å². The minimum absolute atomic E-state index is 0.114. The first kappa shape index (κ1) is 14.5. The molecule has 5 nitrogen and oxygen atoms in total. The zero-order valence-electron chi connectivity index (χ0n) is 11.9. The second kappa shape index (κ2) is 6.06. The molecule has 1 N–H and O–H groups in total. The first-order chi connectivity index (χ1) is 10.0. The Morgan fingerprint density at radius 3 is 2.43 bits per heavy atom. The summed E-state index contributed by atoms with van der Waals surface area (Å²) in [6.45, 7) is 4.19. The van der Waals surface area contributed by atoms with Gasteiger partial charge in [0, 0.05) is 23.9 Å². The number of nitro groups is 1. The number of nitrogens with one attached hydrogen (secondary N) is 1. The van der Waals surface area contributed by atoms with Crippen molar-refractivity contribution in [3.8, 4) is 6.07 Å². The lowest BCUT2D eigenvalue weighted by Gasteiger charge is -2.11. The van der Waals surface area contributed by atoms with Crippen molar-refractivity contribution in [2.45, 2.75) is 20.4 Å². The van der Waals surface area contributed by atoms with Crippen molar-refractivity contribution in [3.05, 3.63) is 68.8 Å². The lowest BCUT2D eigenvalue weighted by atomic mass is 10.1. The number of rotatable bonds is 4. The average molecular weight is 281 g/mol. The monoisotopic (exact) mass is 281 g/mol. The molecule has 0 spiro atoms. The van der Waals surface area contributed by atoms with Crippen molar-refractivity contribution in [2.24, 2.45) is 0 Å². The van der Waals surface area contributed by atoms with Crippen LogP contribution in [0.25, 0.3) is 0 Å². The van der Waals surface area contributed by atoms with Crippen LogP contribution in [0.2, 0.25) is 0 Å². The fourth-order valence-electron chi connectivity index (χ4n) is 2.12. The molecule has 0 radical (unpaired) electrons. The van der Waals surface area contributed by atoms with E-state index in [1.54, 1.807) is 31.2 Å². The second-order valence-corrected chi connectivity index (χ2v) is 4.87. The van der Waals surface area contributed by atoms with Gasteiger partial charge in [0.1, 0.15) is 0 Å². The number of hydrogen-bond donors (Lipinski definition) is 1. The summed E-state index contributed by atoms with van der Waals surface area (Å²) in [6.07, 6.45) is 0. The van der Waals surface area contributed by atoms with E-state index in [4.69, 9.17) is 5.26 Å². The van der Waals surface area contributed by atoms with Gasteiger partial charge in [0.2, 0.25) is 0 Å². The minimum atomic E-state index is -0.373. The van der Waals surface area contributed by atoms with E-state index in [1.165, 1.54) is 0 Å². The summed E-state index contributed by atoms with van der Waals surface area (Å²) in [5, 5.41) is 22.9. The van der Waals surface area contributed by atoms with Crippen molar-refractivity contribution in [1.29, 1.82) is 5.26 Å². The average Bonchev–Trinajstić information content (AvgIpc) is 2.46. The smallest absolute Gasteiger partial charge is 0.274 e. The Hall–Kier alpha value is -2.87. The Labute approximate surface area is 123 Å². The summed E-state index contributed by atoms with van der Waals surface area (Å²) >= 11 is 0. The molecule has 0 amide bonds. The van der Waals surface area contributed by atoms with Crippen LogP contribution in [0.1, 0.15) is 22.3 Å². The molecule has 0 aromatic heterocycles. The molecule has 2 aromatic rings. The van der Waals surface area contributed by atoms with Gasteiger partial charge >= 0.3 is 0 Å². The van der Waals surface area contributed by atoms with Crippen LogP contribution in [-0.2, 0) is 6.54 Å². The molecular weight excluding hydrogens is 266 g/mol.